The number of carbonyl (C=O) groups excluding carboxylic acids is 1. The van der Waals surface area contributed by atoms with Crippen molar-refractivity contribution in [1.82, 2.24) is 9.78 Å². The Morgan fingerprint density at radius 3 is 2.71 bits per heavy atom. The molecule has 1 aromatic heterocycles. The number of carboxylic acid groups (broad SMARTS) is 1. The zero-order valence-electron chi connectivity index (χ0n) is 12.5. The van der Waals surface area contributed by atoms with Crippen molar-refractivity contribution in [3.8, 4) is 11.5 Å². The molecule has 0 saturated carbocycles. The summed E-state index contributed by atoms with van der Waals surface area (Å²) in [6, 6.07) is 5.08. The number of carbonyl (C=O) groups is 2. The van der Waals surface area contributed by atoms with Crippen LogP contribution in [0, 0.1) is 0 Å². The molecule has 126 valence electrons. The third kappa shape index (κ3) is 3.85. The van der Waals surface area contributed by atoms with E-state index in [0.717, 1.165) is 10.0 Å². The maximum absolute atomic E-state index is 12.2. The van der Waals surface area contributed by atoms with Crippen LogP contribution >= 0.6 is 15.9 Å². The Balaban J connectivity index is 1.66. The average molecular weight is 396 g/mol. The number of nitrogens with zero attached hydrogens (tertiary/aromatic N) is 2. The summed E-state index contributed by atoms with van der Waals surface area (Å²) >= 11 is 3.42. The molecule has 3 rings (SSSR count). The van der Waals surface area contributed by atoms with Gasteiger partial charge in [-0.1, -0.05) is 15.9 Å². The number of carboxylic acids is 1. The number of rotatable bonds is 5. The minimum absolute atomic E-state index is 0.114. The van der Waals surface area contributed by atoms with E-state index in [1.165, 1.54) is 10.9 Å². The molecule has 9 heteroatoms. The molecule has 1 aliphatic heterocycles. The van der Waals surface area contributed by atoms with Gasteiger partial charge in [0.2, 0.25) is 5.91 Å². The molecule has 24 heavy (non-hydrogen) atoms. The minimum Gasteiger partial charge on any atom is -0.486 e. The predicted molar refractivity (Wildman–Crippen MR) is 87.3 cm³/mol. The molecular formula is C15H14BrN3O5. The van der Waals surface area contributed by atoms with Gasteiger partial charge in [0.15, 0.2) is 17.3 Å². The molecule has 2 aromatic rings. The molecule has 0 spiro atoms. The molecule has 1 amide bonds. The number of hydrogen-bond donors (Lipinski definition) is 2. The lowest BCUT2D eigenvalue weighted by Gasteiger charge is -2.19. The SMILES string of the molecule is O=C(O)Cn1ccc(NC(=O)Cc2cc3c(cc2Br)OCCO3)n1. The number of ether oxygens (including phenoxy) is 2. The van der Waals surface area contributed by atoms with E-state index in [9.17, 15) is 9.59 Å². The smallest absolute Gasteiger partial charge is 0.325 e. The standard InChI is InChI=1S/C15H14BrN3O5/c16-10-7-12-11(23-3-4-24-12)5-9(10)6-14(20)17-13-1-2-19(18-13)8-15(21)22/h1-2,5,7H,3-4,6,8H2,(H,21,22)(H,17,18,20). The molecule has 2 heterocycles. The van der Waals surface area contributed by atoms with Gasteiger partial charge in [0.1, 0.15) is 19.8 Å². The largest absolute Gasteiger partial charge is 0.486 e. The highest BCUT2D eigenvalue weighted by molar-refractivity contribution is 9.10. The van der Waals surface area contributed by atoms with E-state index < -0.39 is 5.97 Å². The Morgan fingerprint density at radius 2 is 2.00 bits per heavy atom. The summed E-state index contributed by atoms with van der Waals surface area (Å²) in [6.07, 6.45) is 1.60. The fraction of sp³-hybridized carbons (Fsp3) is 0.267. The van der Waals surface area contributed by atoms with E-state index >= 15 is 0 Å². The van der Waals surface area contributed by atoms with Crippen molar-refractivity contribution in [2.24, 2.45) is 0 Å². The fourth-order valence-corrected chi connectivity index (χ4v) is 2.72. The number of fused-ring (bicyclic) bond motifs is 1. The molecule has 1 aromatic carbocycles. The first-order valence-corrected chi connectivity index (χ1v) is 7.93. The van der Waals surface area contributed by atoms with Crippen molar-refractivity contribution in [3.63, 3.8) is 0 Å². The van der Waals surface area contributed by atoms with Crippen LogP contribution in [-0.2, 0) is 22.6 Å². The van der Waals surface area contributed by atoms with Crippen LogP contribution in [0.2, 0.25) is 0 Å². The third-order valence-corrected chi connectivity index (χ3v) is 4.01. The highest BCUT2D eigenvalue weighted by atomic mass is 79.9. The van der Waals surface area contributed by atoms with Gasteiger partial charge in [-0.2, -0.15) is 5.10 Å². The monoisotopic (exact) mass is 395 g/mol. The Morgan fingerprint density at radius 1 is 1.29 bits per heavy atom. The van der Waals surface area contributed by atoms with E-state index in [1.54, 1.807) is 18.2 Å². The number of aliphatic carboxylic acids is 1. The van der Waals surface area contributed by atoms with Crippen molar-refractivity contribution in [1.29, 1.82) is 0 Å². The summed E-state index contributed by atoms with van der Waals surface area (Å²) in [6.45, 7) is 0.711. The van der Waals surface area contributed by atoms with E-state index in [2.05, 4.69) is 26.3 Å². The van der Waals surface area contributed by atoms with Gasteiger partial charge >= 0.3 is 5.97 Å². The number of benzene rings is 1. The lowest BCUT2D eigenvalue weighted by atomic mass is 10.1. The van der Waals surface area contributed by atoms with Crippen molar-refractivity contribution in [2.75, 3.05) is 18.5 Å². The first kappa shape index (κ1) is 16.3. The van der Waals surface area contributed by atoms with Crippen LogP contribution in [0.3, 0.4) is 0 Å². The normalized spacial score (nSPS) is 12.7. The molecule has 0 saturated heterocycles. The second-order valence-electron chi connectivity index (χ2n) is 5.10. The summed E-state index contributed by atoms with van der Waals surface area (Å²) in [5.74, 6) is 0.279. The second-order valence-corrected chi connectivity index (χ2v) is 5.96. The maximum atomic E-state index is 12.2. The third-order valence-electron chi connectivity index (χ3n) is 3.27. The minimum atomic E-state index is -1.00. The maximum Gasteiger partial charge on any atom is 0.325 e. The van der Waals surface area contributed by atoms with Crippen LogP contribution in [-0.4, -0.2) is 40.0 Å². The molecule has 0 bridgehead atoms. The van der Waals surface area contributed by atoms with Crippen LogP contribution in [0.25, 0.3) is 0 Å². The summed E-state index contributed by atoms with van der Waals surface area (Å²) < 4.78 is 13.0. The lowest BCUT2D eigenvalue weighted by Crippen LogP contribution is -2.18. The van der Waals surface area contributed by atoms with Crippen molar-refractivity contribution < 1.29 is 24.2 Å². The van der Waals surface area contributed by atoms with Crippen molar-refractivity contribution >= 4 is 33.6 Å². The Bertz CT molecular complexity index is 789. The van der Waals surface area contributed by atoms with E-state index in [0.29, 0.717) is 30.5 Å². The van der Waals surface area contributed by atoms with Gasteiger partial charge < -0.3 is 19.9 Å². The number of halogens is 1. The zero-order chi connectivity index (χ0) is 17.1. The van der Waals surface area contributed by atoms with Crippen LogP contribution in [0.5, 0.6) is 11.5 Å². The second kappa shape index (κ2) is 6.91. The Hall–Kier alpha value is -2.55. The number of hydrogen-bond acceptors (Lipinski definition) is 5. The number of amides is 1. The molecule has 8 nitrogen and oxygen atoms in total. The van der Waals surface area contributed by atoms with Crippen molar-refractivity contribution in [2.45, 2.75) is 13.0 Å². The van der Waals surface area contributed by atoms with Crippen LogP contribution in [0.1, 0.15) is 5.56 Å². The average Bonchev–Trinajstić information content (AvgIpc) is 2.94. The van der Waals surface area contributed by atoms with E-state index in [4.69, 9.17) is 14.6 Å². The molecule has 0 atom stereocenters. The van der Waals surface area contributed by atoms with Crippen LogP contribution in [0.15, 0.2) is 28.9 Å². The Kier molecular flexibility index (Phi) is 4.70. The molecule has 2 N–H and O–H groups in total. The molecule has 0 fully saturated rings. The van der Waals surface area contributed by atoms with Crippen LogP contribution in [0.4, 0.5) is 5.82 Å². The molecule has 0 aliphatic carbocycles. The number of aromatic nitrogens is 2. The summed E-state index contributed by atoms with van der Waals surface area (Å²) in [7, 11) is 0. The molecule has 0 unspecified atom stereocenters. The highest BCUT2D eigenvalue weighted by Gasteiger charge is 2.17. The van der Waals surface area contributed by atoms with Gasteiger partial charge in [-0.05, 0) is 17.7 Å². The van der Waals surface area contributed by atoms with Gasteiger partial charge in [-0.3, -0.25) is 14.3 Å². The molecule has 0 radical (unpaired) electrons. The lowest BCUT2D eigenvalue weighted by molar-refractivity contribution is -0.137. The van der Waals surface area contributed by atoms with Gasteiger partial charge in [0.05, 0.1) is 6.42 Å². The Labute approximate surface area is 145 Å². The first-order chi connectivity index (χ1) is 11.5. The van der Waals surface area contributed by atoms with Gasteiger partial charge in [0.25, 0.3) is 0 Å². The summed E-state index contributed by atoms with van der Waals surface area (Å²) in [5.41, 5.74) is 0.752. The van der Waals surface area contributed by atoms with E-state index in [1.807, 2.05) is 0 Å². The van der Waals surface area contributed by atoms with Crippen molar-refractivity contribution in [3.05, 3.63) is 34.4 Å². The summed E-state index contributed by atoms with van der Waals surface area (Å²) in [5, 5.41) is 15.3. The molecule has 1 aliphatic rings. The number of nitrogens with one attached hydrogen (secondary N) is 1. The zero-order valence-corrected chi connectivity index (χ0v) is 14.1. The van der Waals surface area contributed by atoms with Gasteiger partial charge in [-0.15, -0.1) is 0 Å². The quantitative estimate of drug-likeness (QED) is 0.798. The predicted octanol–water partition coefficient (Wildman–Crippen LogP) is 1.68. The van der Waals surface area contributed by atoms with E-state index in [-0.39, 0.29) is 18.9 Å². The first-order valence-electron chi connectivity index (χ1n) is 7.14. The van der Waals surface area contributed by atoms with Crippen LogP contribution < -0.4 is 14.8 Å². The van der Waals surface area contributed by atoms with Gasteiger partial charge in [0, 0.05) is 16.7 Å². The summed E-state index contributed by atoms with van der Waals surface area (Å²) in [4.78, 5) is 22.8. The number of anilines is 1. The molecular weight excluding hydrogens is 382 g/mol. The van der Waals surface area contributed by atoms with Gasteiger partial charge in [-0.25, -0.2) is 0 Å². The fourth-order valence-electron chi connectivity index (χ4n) is 2.26. The topological polar surface area (TPSA) is 103 Å². The highest BCUT2D eigenvalue weighted by Crippen LogP contribution is 2.35.